The molecule has 6 heteroatoms. The number of anilines is 1. The normalized spacial score (nSPS) is 21.4. The summed E-state index contributed by atoms with van der Waals surface area (Å²) in [5, 5.41) is -0.340. The molecular weight excluding hydrogens is 280 g/mol. The van der Waals surface area contributed by atoms with E-state index in [0.29, 0.717) is 5.75 Å². The van der Waals surface area contributed by atoms with Crippen LogP contribution in [0.15, 0.2) is 24.3 Å². The number of nitrogens with two attached hydrogens (primary N) is 1. The van der Waals surface area contributed by atoms with Gasteiger partial charge in [0.2, 0.25) is 0 Å². The van der Waals surface area contributed by atoms with Gasteiger partial charge in [0.25, 0.3) is 0 Å². The first-order chi connectivity index (χ1) is 8.97. The summed E-state index contributed by atoms with van der Waals surface area (Å²) in [6, 6.07) is 7.78. The van der Waals surface area contributed by atoms with E-state index < -0.39 is 9.84 Å². The fourth-order valence-electron chi connectivity index (χ4n) is 2.29. The molecule has 1 aliphatic heterocycles. The summed E-state index contributed by atoms with van der Waals surface area (Å²) in [5.74, 6) is 1.68. The Hall–Kier alpha value is -0.720. The van der Waals surface area contributed by atoms with E-state index in [-0.39, 0.29) is 5.37 Å². The van der Waals surface area contributed by atoms with Crippen LogP contribution in [0.3, 0.4) is 0 Å². The van der Waals surface area contributed by atoms with Crippen molar-refractivity contribution in [2.75, 3.05) is 36.6 Å². The second kappa shape index (κ2) is 6.15. The van der Waals surface area contributed by atoms with Crippen molar-refractivity contribution in [1.82, 2.24) is 4.90 Å². The molecule has 0 aromatic heterocycles. The molecule has 1 aromatic carbocycles. The Morgan fingerprint density at radius 2 is 2.26 bits per heavy atom. The Morgan fingerprint density at radius 1 is 1.47 bits per heavy atom. The summed E-state index contributed by atoms with van der Waals surface area (Å²) in [6.45, 7) is 1.60. The molecule has 0 radical (unpaired) electrons. The molecule has 1 saturated heterocycles. The largest absolute Gasteiger partial charge is 0.399 e. The number of benzene rings is 1. The van der Waals surface area contributed by atoms with Crippen molar-refractivity contribution in [3.8, 4) is 0 Å². The van der Waals surface area contributed by atoms with Gasteiger partial charge in [-0.05, 0) is 24.1 Å². The molecule has 0 bridgehead atoms. The number of hydrogen-bond acceptors (Lipinski definition) is 5. The second-order valence-electron chi connectivity index (χ2n) is 4.89. The van der Waals surface area contributed by atoms with Crippen molar-refractivity contribution in [3.63, 3.8) is 0 Å². The highest BCUT2D eigenvalue weighted by Gasteiger charge is 2.30. The van der Waals surface area contributed by atoms with Gasteiger partial charge in [0.1, 0.15) is 5.37 Å². The molecule has 1 aromatic rings. The Balaban J connectivity index is 2.01. The summed E-state index contributed by atoms with van der Waals surface area (Å²) in [7, 11) is -3.01. The number of sulfone groups is 1. The highest BCUT2D eigenvalue weighted by molar-refractivity contribution is 8.00. The summed E-state index contributed by atoms with van der Waals surface area (Å²) in [4.78, 5) is 2.08. The zero-order valence-electron chi connectivity index (χ0n) is 11.1. The van der Waals surface area contributed by atoms with Crippen LogP contribution in [0.5, 0.6) is 0 Å². The summed E-state index contributed by atoms with van der Waals surface area (Å²) < 4.78 is 23.6. The predicted octanol–water partition coefficient (Wildman–Crippen LogP) is 1.23. The molecule has 0 amide bonds. The van der Waals surface area contributed by atoms with Gasteiger partial charge < -0.3 is 5.73 Å². The molecule has 19 heavy (non-hydrogen) atoms. The van der Waals surface area contributed by atoms with Gasteiger partial charge in [0.15, 0.2) is 9.84 Å². The maximum atomic E-state index is 11.8. The molecule has 106 valence electrons. The van der Waals surface area contributed by atoms with Crippen molar-refractivity contribution in [2.45, 2.75) is 11.8 Å². The van der Waals surface area contributed by atoms with E-state index in [2.05, 4.69) is 4.90 Å². The first-order valence-corrected chi connectivity index (χ1v) is 9.43. The molecule has 0 saturated carbocycles. The van der Waals surface area contributed by atoms with Gasteiger partial charge in [-0.1, -0.05) is 12.1 Å². The van der Waals surface area contributed by atoms with Crippen LogP contribution in [0.1, 0.15) is 5.56 Å². The van der Waals surface area contributed by atoms with Gasteiger partial charge in [-0.2, -0.15) is 11.8 Å². The Kier molecular flexibility index (Phi) is 4.76. The van der Waals surface area contributed by atoms with Gasteiger partial charge in [0.05, 0.1) is 0 Å². The van der Waals surface area contributed by atoms with Crippen LogP contribution >= 0.6 is 11.8 Å². The maximum Gasteiger partial charge on any atom is 0.164 e. The van der Waals surface area contributed by atoms with Crippen LogP contribution in [-0.4, -0.2) is 49.5 Å². The lowest BCUT2D eigenvalue weighted by molar-refractivity contribution is 0.274. The van der Waals surface area contributed by atoms with E-state index in [4.69, 9.17) is 5.73 Å². The quantitative estimate of drug-likeness (QED) is 0.847. The predicted molar refractivity (Wildman–Crippen MR) is 82.1 cm³/mol. The maximum absolute atomic E-state index is 11.8. The van der Waals surface area contributed by atoms with Gasteiger partial charge in [-0.3, -0.25) is 4.90 Å². The number of nitrogen functional groups attached to an aromatic ring is 1. The Bertz CT molecular complexity index is 531. The highest BCUT2D eigenvalue weighted by atomic mass is 32.2. The molecule has 0 spiro atoms. The van der Waals surface area contributed by atoms with Gasteiger partial charge in [-0.25, -0.2) is 8.42 Å². The number of rotatable bonds is 4. The third kappa shape index (κ3) is 4.12. The third-order valence-corrected chi connectivity index (χ3v) is 6.01. The molecule has 0 aliphatic carbocycles. The van der Waals surface area contributed by atoms with Crippen molar-refractivity contribution in [2.24, 2.45) is 0 Å². The minimum atomic E-state index is -3.01. The lowest BCUT2D eigenvalue weighted by Crippen LogP contribution is -2.47. The topological polar surface area (TPSA) is 63.4 Å². The van der Waals surface area contributed by atoms with E-state index >= 15 is 0 Å². The van der Waals surface area contributed by atoms with E-state index in [9.17, 15) is 8.42 Å². The van der Waals surface area contributed by atoms with Crippen molar-refractivity contribution in [3.05, 3.63) is 29.8 Å². The molecule has 4 nitrogen and oxygen atoms in total. The zero-order chi connectivity index (χ0) is 13.9. The number of nitrogens with zero attached hydrogens (tertiary/aromatic N) is 1. The first kappa shape index (κ1) is 14.7. The third-order valence-electron chi connectivity index (χ3n) is 3.32. The van der Waals surface area contributed by atoms with E-state index in [1.165, 1.54) is 6.26 Å². The average Bonchev–Trinajstić information content (AvgIpc) is 2.36. The fourth-order valence-corrected chi connectivity index (χ4v) is 5.26. The standard InChI is InChI=1S/C13H20N2O2S2/c1-19(16,17)13-10-18-8-7-15(13)6-5-11-3-2-4-12(14)9-11/h2-4,9,13H,5-8,10,14H2,1H3. The van der Waals surface area contributed by atoms with Crippen LogP contribution in [-0.2, 0) is 16.3 Å². The molecule has 1 heterocycles. The zero-order valence-corrected chi connectivity index (χ0v) is 12.7. The number of thioether (sulfide) groups is 1. The van der Waals surface area contributed by atoms with Crippen molar-refractivity contribution < 1.29 is 8.42 Å². The molecular formula is C13H20N2O2S2. The minimum absolute atomic E-state index is 0.340. The fraction of sp³-hybridized carbons (Fsp3) is 0.538. The van der Waals surface area contributed by atoms with Crippen LogP contribution in [0.25, 0.3) is 0 Å². The van der Waals surface area contributed by atoms with E-state index in [1.807, 2.05) is 24.3 Å². The SMILES string of the molecule is CS(=O)(=O)C1CSCCN1CCc1cccc(N)c1. The molecule has 2 rings (SSSR count). The van der Waals surface area contributed by atoms with Gasteiger partial charge in [-0.15, -0.1) is 0 Å². The summed E-state index contributed by atoms with van der Waals surface area (Å²) in [5.41, 5.74) is 7.66. The Labute approximate surface area is 119 Å². The van der Waals surface area contributed by atoms with Crippen molar-refractivity contribution in [1.29, 1.82) is 0 Å². The van der Waals surface area contributed by atoms with Crippen LogP contribution in [0.4, 0.5) is 5.69 Å². The molecule has 1 aliphatic rings. The van der Waals surface area contributed by atoms with Crippen LogP contribution in [0, 0.1) is 0 Å². The lowest BCUT2D eigenvalue weighted by atomic mass is 10.1. The molecule has 2 N–H and O–H groups in total. The van der Waals surface area contributed by atoms with Gasteiger partial charge >= 0.3 is 0 Å². The summed E-state index contributed by atoms with van der Waals surface area (Å²) in [6.07, 6.45) is 2.17. The average molecular weight is 300 g/mol. The van der Waals surface area contributed by atoms with Gasteiger partial charge in [0, 0.05) is 36.5 Å². The number of hydrogen-bond donors (Lipinski definition) is 1. The highest BCUT2D eigenvalue weighted by Crippen LogP contribution is 2.20. The lowest BCUT2D eigenvalue weighted by Gasteiger charge is -2.33. The molecule has 1 fully saturated rings. The molecule has 1 atom stereocenters. The van der Waals surface area contributed by atoms with Crippen LogP contribution < -0.4 is 5.73 Å². The van der Waals surface area contributed by atoms with E-state index in [0.717, 1.165) is 36.5 Å². The minimum Gasteiger partial charge on any atom is -0.399 e. The monoisotopic (exact) mass is 300 g/mol. The van der Waals surface area contributed by atoms with E-state index in [1.54, 1.807) is 11.8 Å². The second-order valence-corrected chi connectivity index (χ2v) is 8.24. The van der Waals surface area contributed by atoms with Crippen molar-refractivity contribution >= 4 is 27.3 Å². The first-order valence-electron chi connectivity index (χ1n) is 6.32. The smallest absolute Gasteiger partial charge is 0.164 e. The Morgan fingerprint density at radius 3 is 2.95 bits per heavy atom. The van der Waals surface area contributed by atoms with Crippen LogP contribution in [0.2, 0.25) is 0 Å². The molecule has 1 unspecified atom stereocenters. The summed E-state index contributed by atoms with van der Waals surface area (Å²) >= 11 is 1.72.